The normalized spacial score (nSPS) is 14.0. The van der Waals surface area contributed by atoms with E-state index in [-0.39, 0.29) is 11.6 Å². The van der Waals surface area contributed by atoms with Crippen molar-refractivity contribution in [2.45, 2.75) is 12.8 Å². The minimum Gasteiger partial charge on any atom is -0.372 e. The molecule has 0 spiro atoms. The van der Waals surface area contributed by atoms with Gasteiger partial charge >= 0.3 is 0 Å². The standard InChI is InChI=1S/C19H19N3O3/c23-19(11-6-15-4-3-5-18(14-15)22(24)25)20-16-7-9-17(10-8-16)21-12-1-2-13-21/h3-11,14H,1-2,12-13H2,(H,20,23)/b11-6+. The third-order valence-corrected chi connectivity index (χ3v) is 4.11. The number of nitrogens with zero attached hydrogens (tertiary/aromatic N) is 2. The number of nitro benzene ring substituents is 1. The van der Waals surface area contributed by atoms with Gasteiger partial charge in [-0.1, -0.05) is 12.1 Å². The van der Waals surface area contributed by atoms with E-state index in [0.717, 1.165) is 18.8 Å². The Hall–Kier alpha value is -3.15. The molecule has 1 saturated heterocycles. The van der Waals surface area contributed by atoms with Gasteiger partial charge in [0.1, 0.15) is 0 Å². The van der Waals surface area contributed by atoms with E-state index >= 15 is 0 Å². The number of rotatable bonds is 5. The molecule has 1 aliphatic rings. The summed E-state index contributed by atoms with van der Waals surface area (Å²) in [6.07, 6.45) is 5.37. The van der Waals surface area contributed by atoms with Crippen LogP contribution in [0.1, 0.15) is 18.4 Å². The van der Waals surface area contributed by atoms with Crippen LogP contribution < -0.4 is 10.2 Å². The predicted octanol–water partition coefficient (Wildman–Crippen LogP) is 3.85. The molecule has 0 unspecified atom stereocenters. The molecule has 0 aliphatic carbocycles. The molecule has 1 aliphatic heterocycles. The van der Waals surface area contributed by atoms with E-state index in [2.05, 4.69) is 10.2 Å². The maximum absolute atomic E-state index is 12.0. The first kappa shape index (κ1) is 16.7. The zero-order valence-corrected chi connectivity index (χ0v) is 13.7. The van der Waals surface area contributed by atoms with Crippen LogP contribution in [0.2, 0.25) is 0 Å². The van der Waals surface area contributed by atoms with Gasteiger partial charge < -0.3 is 10.2 Å². The van der Waals surface area contributed by atoms with E-state index in [9.17, 15) is 14.9 Å². The topological polar surface area (TPSA) is 75.5 Å². The number of anilines is 2. The summed E-state index contributed by atoms with van der Waals surface area (Å²) in [6, 6.07) is 13.9. The summed E-state index contributed by atoms with van der Waals surface area (Å²) in [7, 11) is 0. The maximum atomic E-state index is 12.0. The van der Waals surface area contributed by atoms with Crippen LogP contribution in [0.5, 0.6) is 0 Å². The van der Waals surface area contributed by atoms with Gasteiger partial charge in [0.05, 0.1) is 4.92 Å². The SMILES string of the molecule is O=C(/C=C/c1cccc([N+](=O)[O-])c1)Nc1ccc(N2CCCC2)cc1. The highest BCUT2D eigenvalue weighted by molar-refractivity contribution is 6.02. The monoisotopic (exact) mass is 337 g/mol. The van der Waals surface area contributed by atoms with E-state index in [1.54, 1.807) is 18.2 Å². The second kappa shape index (κ2) is 7.61. The van der Waals surface area contributed by atoms with E-state index in [1.807, 2.05) is 24.3 Å². The molecule has 0 radical (unpaired) electrons. The van der Waals surface area contributed by atoms with Crippen molar-refractivity contribution < 1.29 is 9.72 Å². The predicted molar refractivity (Wildman–Crippen MR) is 98.6 cm³/mol. The van der Waals surface area contributed by atoms with E-state index in [0.29, 0.717) is 5.56 Å². The summed E-state index contributed by atoms with van der Waals surface area (Å²) in [5.74, 6) is -0.277. The molecule has 0 aromatic heterocycles. The highest BCUT2D eigenvalue weighted by Gasteiger charge is 2.11. The zero-order chi connectivity index (χ0) is 17.6. The molecular formula is C19H19N3O3. The molecule has 25 heavy (non-hydrogen) atoms. The van der Waals surface area contributed by atoms with Gasteiger partial charge in [-0.2, -0.15) is 0 Å². The fourth-order valence-corrected chi connectivity index (χ4v) is 2.83. The van der Waals surface area contributed by atoms with Gasteiger partial charge in [0.2, 0.25) is 5.91 Å². The Bertz CT molecular complexity index is 794. The number of nitrogens with one attached hydrogen (secondary N) is 1. The summed E-state index contributed by atoms with van der Waals surface area (Å²) >= 11 is 0. The Morgan fingerprint density at radius 2 is 1.84 bits per heavy atom. The molecule has 2 aromatic rings. The van der Waals surface area contributed by atoms with Crippen molar-refractivity contribution in [3.05, 3.63) is 70.3 Å². The Labute approximate surface area is 145 Å². The van der Waals surface area contributed by atoms with Crippen LogP contribution in [0.3, 0.4) is 0 Å². The van der Waals surface area contributed by atoms with Gasteiger partial charge in [-0.25, -0.2) is 0 Å². The molecule has 0 bridgehead atoms. The number of carbonyl (C=O) groups excluding carboxylic acids is 1. The average Bonchev–Trinajstić information content (AvgIpc) is 3.15. The molecule has 3 rings (SSSR count). The summed E-state index contributed by atoms with van der Waals surface area (Å²) in [5.41, 5.74) is 2.49. The van der Waals surface area contributed by atoms with Crippen molar-refractivity contribution in [1.82, 2.24) is 0 Å². The molecule has 2 aromatic carbocycles. The number of non-ortho nitro benzene ring substituents is 1. The second-order valence-corrected chi connectivity index (χ2v) is 5.92. The highest BCUT2D eigenvalue weighted by Crippen LogP contribution is 2.22. The van der Waals surface area contributed by atoms with Crippen LogP contribution in [-0.2, 0) is 4.79 Å². The molecule has 1 heterocycles. The van der Waals surface area contributed by atoms with Gasteiger partial charge in [0.25, 0.3) is 5.69 Å². The lowest BCUT2D eigenvalue weighted by molar-refractivity contribution is -0.384. The Morgan fingerprint density at radius 3 is 2.52 bits per heavy atom. The number of hydrogen-bond acceptors (Lipinski definition) is 4. The number of amides is 1. The van der Waals surface area contributed by atoms with Gasteiger partial charge in [0.15, 0.2) is 0 Å². The lowest BCUT2D eigenvalue weighted by Gasteiger charge is -2.17. The van der Waals surface area contributed by atoms with Crippen molar-refractivity contribution >= 4 is 29.0 Å². The van der Waals surface area contributed by atoms with Gasteiger partial charge in [-0.3, -0.25) is 14.9 Å². The first-order valence-corrected chi connectivity index (χ1v) is 8.20. The van der Waals surface area contributed by atoms with Crippen molar-refractivity contribution in [1.29, 1.82) is 0 Å². The van der Waals surface area contributed by atoms with Crippen LogP contribution in [0.25, 0.3) is 6.08 Å². The molecule has 1 N–H and O–H groups in total. The number of benzene rings is 2. The molecular weight excluding hydrogens is 318 g/mol. The molecule has 6 nitrogen and oxygen atoms in total. The summed E-state index contributed by atoms with van der Waals surface area (Å²) in [5, 5.41) is 13.5. The Kier molecular flexibility index (Phi) is 5.09. The first-order valence-electron chi connectivity index (χ1n) is 8.20. The third kappa shape index (κ3) is 4.44. The minimum atomic E-state index is -0.459. The maximum Gasteiger partial charge on any atom is 0.270 e. The highest BCUT2D eigenvalue weighted by atomic mass is 16.6. The first-order chi connectivity index (χ1) is 12.1. The van der Waals surface area contributed by atoms with Gasteiger partial charge in [-0.05, 0) is 48.7 Å². The fourth-order valence-electron chi connectivity index (χ4n) is 2.83. The van der Waals surface area contributed by atoms with Crippen LogP contribution in [0, 0.1) is 10.1 Å². The number of nitro groups is 1. The smallest absolute Gasteiger partial charge is 0.270 e. The Balaban J connectivity index is 1.60. The largest absolute Gasteiger partial charge is 0.372 e. The quantitative estimate of drug-likeness (QED) is 0.511. The van der Waals surface area contributed by atoms with Crippen molar-refractivity contribution in [2.24, 2.45) is 0 Å². The van der Waals surface area contributed by atoms with Crippen molar-refractivity contribution in [3.63, 3.8) is 0 Å². The Morgan fingerprint density at radius 1 is 1.12 bits per heavy atom. The van der Waals surface area contributed by atoms with Crippen molar-refractivity contribution in [2.75, 3.05) is 23.3 Å². The molecule has 0 atom stereocenters. The molecule has 6 heteroatoms. The third-order valence-electron chi connectivity index (χ3n) is 4.11. The lowest BCUT2D eigenvalue weighted by atomic mass is 10.2. The van der Waals surface area contributed by atoms with Crippen LogP contribution in [0.15, 0.2) is 54.6 Å². The molecule has 1 amide bonds. The van der Waals surface area contributed by atoms with E-state index in [4.69, 9.17) is 0 Å². The average molecular weight is 337 g/mol. The molecule has 128 valence electrons. The number of hydrogen-bond donors (Lipinski definition) is 1. The van der Waals surface area contributed by atoms with E-state index < -0.39 is 4.92 Å². The second-order valence-electron chi connectivity index (χ2n) is 5.92. The van der Waals surface area contributed by atoms with E-state index in [1.165, 1.54) is 36.7 Å². The van der Waals surface area contributed by atoms with Gasteiger partial charge in [0, 0.05) is 42.7 Å². The van der Waals surface area contributed by atoms with Crippen LogP contribution >= 0.6 is 0 Å². The van der Waals surface area contributed by atoms with Gasteiger partial charge in [-0.15, -0.1) is 0 Å². The van der Waals surface area contributed by atoms with Crippen molar-refractivity contribution in [3.8, 4) is 0 Å². The van der Waals surface area contributed by atoms with Crippen LogP contribution in [0.4, 0.5) is 17.1 Å². The number of carbonyl (C=O) groups is 1. The molecule has 1 fully saturated rings. The van der Waals surface area contributed by atoms with Crippen LogP contribution in [-0.4, -0.2) is 23.9 Å². The lowest BCUT2D eigenvalue weighted by Crippen LogP contribution is -2.17. The zero-order valence-electron chi connectivity index (χ0n) is 13.7. The summed E-state index contributed by atoms with van der Waals surface area (Å²) < 4.78 is 0. The summed E-state index contributed by atoms with van der Waals surface area (Å²) in [4.78, 5) is 24.6. The summed E-state index contributed by atoms with van der Waals surface area (Å²) in [6.45, 7) is 2.16. The molecule has 0 saturated carbocycles. The minimum absolute atomic E-state index is 0.0000552. The fraction of sp³-hybridized carbons (Fsp3) is 0.211.